The average molecular weight is 282 g/mol. The Balaban J connectivity index is 2.35. The fourth-order valence-corrected chi connectivity index (χ4v) is 2.94. The van der Waals surface area contributed by atoms with E-state index in [1.54, 1.807) is 0 Å². The van der Waals surface area contributed by atoms with Gasteiger partial charge in [-0.05, 0) is 30.5 Å². The Morgan fingerprint density at radius 1 is 1.37 bits per heavy atom. The van der Waals surface area contributed by atoms with Crippen molar-refractivity contribution in [3.63, 3.8) is 0 Å². The number of nitrogens with zero attached hydrogens (tertiary/aromatic N) is 1. The quantitative estimate of drug-likeness (QED) is 0.867. The third-order valence-electron chi connectivity index (χ3n) is 3.67. The summed E-state index contributed by atoms with van der Waals surface area (Å²) in [6.45, 7) is 0.645. The molecule has 1 aliphatic rings. The largest absolute Gasteiger partial charge is 0.368 e. The number of anilines is 1. The second kappa shape index (κ2) is 6.26. The minimum atomic E-state index is -0.324. The Morgan fingerprint density at radius 2 is 2.05 bits per heavy atom. The van der Waals surface area contributed by atoms with E-state index in [-0.39, 0.29) is 12.5 Å². The highest BCUT2D eigenvalue weighted by atomic mass is 35.5. The summed E-state index contributed by atoms with van der Waals surface area (Å²) in [4.78, 5) is 13.4. The first-order chi connectivity index (χ1) is 9.11. The molecule has 0 heterocycles. The van der Waals surface area contributed by atoms with Crippen LogP contribution in [0.1, 0.15) is 31.2 Å². The predicted molar refractivity (Wildman–Crippen MR) is 78.1 cm³/mol. The summed E-state index contributed by atoms with van der Waals surface area (Å²) in [6.07, 6.45) is 4.56. The first-order valence-corrected chi connectivity index (χ1v) is 7.03. The highest BCUT2D eigenvalue weighted by Gasteiger charge is 2.25. The number of rotatable bonds is 5. The molecule has 19 heavy (non-hydrogen) atoms. The molecule has 1 aromatic rings. The molecule has 0 atom stereocenters. The predicted octanol–water partition coefficient (Wildman–Crippen LogP) is 2.03. The number of carbonyl (C=O) groups is 1. The van der Waals surface area contributed by atoms with E-state index in [1.807, 2.05) is 18.2 Å². The molecule has 104 valence electrons. The number of amides is 1. The molecule has 2 rings (SSSR count). The number of nitrogens with two attached hydrogens (primary N) is 2. The fourth-order valence-electron chi connectivity index (χ4n) is 2.77. The van der Waals surface area contributed by atoms with E-state index in [1.165, 1.54) is 12.8 Å². The first kappa shape index (κ1) is 14.2. The SMILES string of the molecule is NCc1ccc(Cl)cc1N(CC(N)=O)C1CCCC1. The summed E-state index contributed by atoms with van der Waals surface area (Å²) in [6, 6.07) is 5.98. The Hall–Kier alpha value is -1.26. The van der Waals surface area contributed by atoms with Gasteiger partial charge in [-0.3, -0.25) is 4.79 Å². The topological polar surface area (TPSA) is 72.3 Å². The highest BCUT2D eigenvalue weighted by molar-refractivity contribution is 6.30. The van der Waals surface area contributed by atoms with E-state index in [0.29, 0.717) is 17.6 Å². The van der Waals surface area contributed by atoms with Crippen molar-refractivity contribution in [2.75, 3.05) is 11.4 Å². The monoisotopic (exact) mass is 281 g/mol. The standard InChI is InChI=1S/C14H20ClN3O/c15-11-6-5-10(8-16)13(7-11)18(9-14(17)19)12-3-1-2-4-12/h5-7,12H,1-4,8-9,16H2,(H2,17,19). The van der Waals surface area contributed by atoms with Crippen molar-refractivity contribution in [1.29, 1.82) is 0 Å². The second-order valence-electron chi connectivity index (χ2n) is 5.01. The molecular weight excluding hydrogens is 262 g/mol. The van der Waals surface area contributed by atoms with Crippen LogP contribution in [0.4, 0.5) is 5.69 Å². The lowest BCUT2D eigenvalue weighted by atomic mass is 10.1. The van der Waals surface area contributed by atoms with Gasteiger partial charge in [0.15, 0.2) is 0 Å². The van der Waals surface area contributed by atoms with E-state index in [2.05, 4.69) is 4.90 Å². The van der Waals surface area contributed by atoms with Crippen molar-refractivity contribution in [2.45, 2.75) is 38.3 Å². The first-order valence-electron chi connectivity index (χ1n) is 6.65. The van der Waals surface area contributed by atoms with Gasteiger partial charge in [0.1, 0.15) is 0 Å². The van der Waals surface area contributed by atoms with Gasteiger partial charge < -0.3 is 16.4 Å². The molecule has 1 fully saturated rings. The zero-order valence-electron chi connectivity index (χ0n) is 10.9. The van der Waals surface area contributed by atoms with Crippen molar-refractivity contribution >= 4 is 23.2 Å². The number of hydrogen-bond donors (Lipinski definition) is 2. The fraction of sp³-hybridized carbons (Fsp3) is 0.500. The molecule has 0 radical (unpaired) electrons. The number of halogens is 1. The summed E-state index contributed by atoms with van der Waals surface area (Å²) in [7, 11) is 0. The van der Waals surface area contributed by atoms with Gasteiger partial charge in [0.25, 0.3) is 0 Å². The molecule has 0 aliphatic heterocycles. The van der Waals surface area contributed by atoms with Crippen molar-refractivity contribution in [3.8, 4) is 0 Å². The van der Waals surface area contributed by atoms with Crippen LogP contribution in [0.2, 0.25) is 5.02 Å². The zero-order chi connectivity index (χ0) is 13.8. The maximum Gasteiger partial charge on any atom is 0.236 e. The summed E-state index contributed by atoms with van der Waals surface area (Å²) >= 11 is 6.08. The third kappa shape index (κ3) is 3.39. The lowest BCUT2D eigenvalue weighted by Crippen LogP contribution is -2.40. The molecule has 1 aliphatic carbocycles. The molecule has 0 spiro atoms. The molecular formula is C14H20ClN3O. The van der Waals surface area contributed by atoms with Crippen molar-refractivity contribution in [1.82, 2.24) is 0 Å². The Morgan fingerprint density at radius 3 is 2.63 bits per heavy atom. The number of hydrogen-bond acceptors (Lipinski definition) is 3. The maximum absolute atomic E-state index is 11.3. The van der Waals surface area contributed by atoms with Crippen LogP contribution in [-0.4, -0.2) is 18.5 Å². The van der Waals surface area contributed by atoms with Crippen LogP contribution in [0.3, 0.4) is 0 Å². The van der Waals surface area contributed by atoms with Gasteiger partial charge in [-0.2, -0.15) is 0 Å². The minimum absolute atomic E-state index is 0.220. The molecule has 4 N–H and O–H groups in total. The van der Waals surface area contributed by atoms with Crippen molar-refractivity contribution < 1.29 is 4.79 Å². The summed E-state index contributed by atoms with van der Waals surface area (Å²) in [5, 5.41) is 0.652. The van der Waals surface area contributed by atoms with Crippen LogP contribution in [0.5, 0.6) is 0 Å². The van der Waals surface area contributed by atoms with E-state index in [0.717, 1.165) is 24.1 Å². The normalized spacial score (nSPS) is 15.7. The van der Waals surface area contributed by atoms with Gasteiger partial charge >= 0.3 is 0 Å². The summed E-state index contributed by atoms with van der Waals surface area (Å²) in [5.41, 5.74) is 13.1. The van der Waals surface area contributed by atoms with Crippen LogP contribution >= 0.6 is 11.6 Å². The molecule has 0 bridgehead atoms. The molecule has 4 nitrogen and oxygen atoms in total. The highest BCUT2D eigenvalue weighted by Crippen LogP contribution is 2.32. The third-order valence-corrected chi connectivity index (χ3v) is 3.90. The van der Waals surface area contributed by atoms with Gasteiger partial charge in [0.2, 0.25) is 5.91 Å². The lowest BCUT2D eigenvalue weighted by molar-refractivity contribution is -0.116. The summed E-state index contributed by atoms with van der Waals surface area (Å²) < 4.78 is 0. The molecule has 0 unspecified atom stereocenters. The van der Waals surface area contributed by atoms with Gasteiger partial charge in [0, 0.05) is 23.3 Å². The number of benzene rings is 1. The Bertz CT molecular complexity index is 458. The number of primary amides is 1. The van der Waals surface area contributed by atoms with Gasteiger partial charge in [-0.25, -0.2) is 0 Å². The molecule has 1 amide bonds. The second-order valence-corrected chi connectivity index (χ2v) is 5.45. The molecule has 5 heteroatoms. The van der Waals surface area contributed by atoms with Gasteiger partial charge in [0.05, 0.1) is 6.54 Å². The van der Waals surface area contributed by atoms with E-state index in [4.69, 9.17) is 23.1 Å². The van der Waals surface area contributed by atoms with Crippen LogP contribution in [0.25, 0.3) is 0 Å². The van der Waals surface area contributed by atoms with Crippen molar-refractivity contribution in [3.05, 3.63) is 28.8 Å². The molecule has 0 aromatic heterocycles. The van der Waals surface area contributed by atoms with Crippen molar-refractivity contribution in [2.24, 2.45) is 11.5 Å². The average Bonchev–Trinajstić information content (AvgIpc) is 2.89. The van der Waals surface area contributed by atoms with Crippen LogP contribution in [0, 0.1) is 0 Å². The van der Waals surface area contributed by atoms with Crippen LogP contribution < -0.4 is 16.4 Å². The van der Waals surface area contributed by atoms with Gasteiger partial charge in [-0.15, -0.1) is 0 Å². The lowest BCUT2D eigenvalue weighted by Gasteiger charge is -2.31. The van der Waals surface area contributed by atoms with E-state index in [9.17, 15) is 4.79 Å². The summed E-state index contributed by atoms with van der Waals surface area (Å²) in [5.74, 6) is -0.324. The van der Waals surface area contributed by atoms with Crippen LogP contribution in [0.15, 0.2) is 18.2 Å². The minimum Gasteiger partial charge on any atom is -0.368 e. The number of carbonyl (C=O) groups excluding carboxylic acids is 1. The van der Waals surface area contributed by atoms with E-state index >= 15 is 0 Å². The Kier molecular flexibility index (Phi) is 4.66. The smallest absolute Gasteiger partial charge is 0.236 e. The molecule has 1 aromatic carbocycles. The van der Waals surface area contributed by atoms with E-state index < -0.39 is 0 Å². The molecule has 0 saturated heterocycles. The molecule has 1 saturated carbocycles. The zero-order valence-corrected chi connectivity index (χ0v) is 11.7. The maximum atomic E-state index is 11.3. The Labute approximate surface area is 118 Å². The van der Waals surface area contributed by atoms with Gasteiger partial charge in [-0.1, -0.05) is 30.5 Å². The van der Waals surface area contributed by atoms with Crippen LogP contribution in [-0.2, 0) is 11.3 Å².